The Morgan fingerprint density at radius 1 is 1.21 bits per heavy atom. The number of nitrogens with zero attached hydrogens (tertiary/aromatic N) is 5. The van der Waals surface area contributed by atoms with Crippen molar-refractivity contribution in [2.75, 3.05) is 13.1 Å². The molecule has 4 rings (SSSR count). The van der Waals surface area contributed by atoms with E-state index in [0.29, 0.717) is 23.9 Å². The Kier molecular flexibility index (Phi) is 6.00. The molecule has 1 aromatic carbocycles. The molecule has 1 amide bonds. The molecule has 1 saturated carbocycles. The van der Waals surface area contributed by atoms with Crippen LogP contribution in [-0.2, 0) is 4.79 Å². The van der Waals surface area contributed by atoms with E-state index >= 15 is 0 Å². The first kappa shape index (κ1) is 19.7. The average Bonchev–Trinajstić information content (AvgIpc) is 3.35. The smallest absolute Gasteiger partial charge is 0.228 e. The van der Waals surface area contributed by atoms with Crippen LogP contribution < -0.4 is 5.32 Å². The van der Waals surface area contributed by atoms with Gasteiger partial charge >= 0.3 is 0 Å². The molecule has 0 aromatic heterocycles. The second kappa shape index (κ2) is 8.83. The molecule has 2 fully saturated rings. The zero-order valence-corrected chi connectivity index (χ0v) is 17.1. The van der Waals surface area contributed by atoms with Gasteiger partial charge in [0.1, 0.15) is 0 Å². The number of amides is 1. The Morgan fingerprint density at radius 2 is 1.97 bits per heavy atom. The van der Waals surface area contributed by atoms with Crippen molar-refractivity contribution in [1.29, 1.82) is 5.26 Å². The Morgan fingerprint density at radius 3 is 2.62 bits per heavy atom. The highest BCUT2D eigenvalue weighted by Gasteiger charge is 2.38. The quantitative estimate of drug-likeness (QED) is 0.358. The summed E-state index contributed by atoms with van der Waals surface area (Å²) in [4.78, 5) is 19.2. The lowest BCUT2D eigenvalue weighted by Crippen LogP contribution is -2.46. The van der Waals surface area contributed by atoms with Gasteiger partial charge in [-0.15, -0.1) is 0 Å². The monoisotopic (exact) mass is 412 g/mol. The molecule has 0 bridgehead atoms. The molecule has 2 heterocycles. The van der Waals surface area contributed by atoms with Crippen molar-refractivity contribution in [3.8, 4) is 6.19 Å². The summed E-state index contributed by atoms with van der Waals surface area (Å²) >= 11 is 6.05. The van der Waals surface area contributed by atoms with Crippen LogP contribution in [0.2, 0.25) is 5.02 Å². The number of carbonyl (C=O) groups excluding carboxylic acids is 1. The van der Waals surface area contributed by atoms with Gasteiger partial charge in [0.15, 0.2) is 6.19 Å². The van der Waals surface area contributed by atoms with Crippen LogP contribution in [0.3, 0.4) is 0 Å². The second-order valence-electron chi connectivity index (χ2n) is 7.76. The fourth-order valence-corrected chi connectivity index (χ4v) is 4.46. The van der Waals surface area contributed by atoms with Crippen molar-refractivity contribution in [3.63, 3.8) is 0 Å². The number of benzene rings is 1. The van der Waals surface area contributed by atoms with Crippen LogP contribution in [0.5, 0.6) is 0 Å². The van der Waals surface area contributed by atoms with Gasteiger partial charge in [0, 0.05) is 23.6 Å². The van der Waals surface area contributed by atoms with E-state index in [2.05, 4.69) is 5.32 Å². The van der Waals surface area contributed by atoms with Gasteiger partial charge in [0.2, 0.25) is 11.9 Å². The summed E-state index contributed by atoms with van der Waals surface area (Å²) < 4.78 is 0. The molecule has 8 heteroatoms. The largest absolute Gasteiger partial charge is 0.332 e. The van der Waals surface area contributed by atoms with Gasteiger partial charge in [-0.3, -0.25) is 10.1 Å². The maximum absolute atomic E-state index is 12.4. The highest BCUT2D eigenvalue weighted by molar-refractivity contribution is 6.30. The maximum atomic E-state index is 12.4. The van der Waals surface area contributed by atoms with E-state index < -0.39 is 0 Å². The van der Waals surface area contributed by atoms with E-state index in [0.717, 1.165) is 49.9 Å². The number of carbonyl (C=O) groups is 1. The molecule has 2 aliphatic heterocycles. The number of hydrogen-bond donors (Lipinski definition) is 1. The molecular weight excluding hydrogens is 388 g/mol. The molecule has 1 aliphatic carbocycles. The minimum atomic E-state index is -0.164. The number of likely N-dealkylation sites (tertiary alicyclic amines) is 1. The van der Waals surface area contributed by atoms with E-state index in [9.17, 15) is 10.1 Å². The zero-order valence-electron chi connectivity index (χ0n) is 16.4. The van der Waals surface area contributed by atoms with Crippen molar-refractivity contribution in [3.05, 3.63) is 34.9 Å². The number of halogens is 1. The van der Waals surface area contributed by atoms with Crippen molar-refractivity contribution in [1.82, 2.24) is 15.2 Å². The Labute approximate surface area is 176 Å². The third-order valence-corrected chi connectivity index (χ3v) is 6.06. The fraction of sp³-hybridized carbons (Fsp3) is 0.524. The van der Waals surface area contributed by atoms with E-state index in [1.165, 1.54) is 6.42 Å². The van der Waals surface area contributed by atoms with Gasteiger partial charge in [-0.1, -0.05) is 43.0 Å². The number of hydrazone groups is 1. The fourth-order valence-electron chi connectivity index (χ4n) is 4.33. The van der Waals surface area contributed by atoms with E-state index in [-0.39, 0.29) is 18.0 Å². The molecule has 1 aromatic rings. The molecule has 1 saturated heterocycles. The normalized spacial score (nSPS) is 23.3. The number of guanidine groups is 1. The summed E-state index contributed by atoms with van der Waals surface area (Å²) in [5, 5.41) is 19.2. The number of aliphatic imine (C=N–C) groups is 1. The maximum Gasteiger partial charge on any atom is 0.228 e. The van der Waals surface area contributed by atoms with Crippen LogP contribution in [0.4, 0.5) is 0 Å². The highest BCUT2D eigenvalue weighted by Crippen LogP contribution is 2.26. The van der Waals surface area contributed by atoms with Crippen LogP contribution >= 0.6 is 11.6 Å². The molecule has 7 nitrogen and oxygen atoms in total. The molecule has 29 heavy (non-hydrogen) atoms. The highest BCUT2D eigenvalue weighted by atomic mass is 35.5. The lowest BCUT2D eigenvalue weighted by molar-refractivity contribution is -0.128. The van der Waals surface area contributed by atoms with Crippen LogP contribution in [0.15, 0.2) is 34.4 Å². The van der Waals surface area contributed by atoms with Gasteiger partial charge in [0.05, 0.1) is 24.3 Å². The first-order valence-corrected chi connectivity index (χ1v) is 10.7. The first-order chi connectivity index (χ1) is 14.2. The van der Waals surface area contributed by atoms with Crippen LogP contribution in [-0.4, -0.2) is 52.7 Å². The second-order valence-corrected chi connectivity index (χ2v) is 8.20. The molecule has 0 radical (unpaired) electrons. The molecule has 152 valence electrons. The van der Waals surface area contributed by atoms with Crippen LogP contribution in [0.25, 0.3) is 0 Å². The zero-order chi connectivity index (χ0) is 20.2. The van der Waals surface area contributed by atoms with E-state index in [1.807, 2.05) is 35.4 Å². The molecule has 1 N–H and O–H groups in total. The number of nitrogens with one attached hydrogen (secondary N) is 1. The topological polar surface area (TPSA) is 84.1 Å². The van der Waals surface area contributed by atoms with Gasteiger partial charge in [-0.2, -0.15) is 10.4 Å². The molecular formula is C21H25ClN6O. The van der Waals surface area contributed by atoms with Crippen molar-refractivity contribution in [2.24, 2.45) is 10.1 Å². The standard InChI is InChI=1S/C21H25ClN6O/c22-16-10-8-15(9-11-16)20-18(27-12-4-7-19(27)29)13-28(26-20)21(24-14-23)25-17-5-2-1-3-6-17/h8-11,17-18H,1-7,12-13H2,(H,24,25). The van der Waals surface area contributed by atoms with Gasteiger partial charge in [0.25, 0.3) is 0 Å². The summed E-state index contributed by atoms with van der Waals surface area (Å²) in [5.74, 6) is 0.623. The van der Waals surface area contributed by atoms with Gasteiger partial charge in [-0.25, -0.2) is 10.0 Å². The minimum Gasteiger partial charge on any atom is -0.332 e. The van der Waals surface area contributed by atoms with Crippen LogP contribution in [0, 0.1) is 11.5 Å². The van der Waals surface area contributed by atoms with Crippen molar-refractivity contribution < 1.29 is 4.79 Å². The molecule has 0 spiro atoms. The van der Waals surface area contributed by atoms with Crippen molar-refractivity contribution in [2.45, 2.75) is 57.0 Å². The molecule has 1 atom stereocenters. The van der Waals surface area contributed by atoms with E-state index in [1.54, 1.807) is 5.01 Å². The number of rotatable bonds is 3. The van der Waals surface area contributed by atoms with Crippen LogP contribution in [0.1, 0.15) is 50.5 Å². The number of nitriles is 1. The van der Waals surface area contributed by atoms with Crippen molar-refractivity contribution >= 4 is 29.2 Å². The lowest BCUT2D eigenvalue weighted by Gasteiger charge is -2.26. The Hall–Kier alpha value is -2.59. The molecule has 3 aliphatic rings. The summed E-state index contributed by atoms with van der Waals surface area (Å²) in [6.07, 6.45) is 9.08. The summed E-state index contributed by atoms with van der Waals surface area (Å²) in [6.45, 7) is 1.22. The Balaban J connectivity index is 1.65. The summed E-state index contributed by atoms with van der Waals surface area (Å²) in [7, 11) is 0. The average molecular weight is 413 g/mol. The SMILES string of the molecule is N#CNC(=NC1CCCCC1)N1CC(N2CCCC2=O)C(c2ccc(Cl)cc2)=N1. The minimum absolute atomic E-state index is 0.150. The predicted octanol–water partition coefficient (Wildman–Crippen LogP) is 3.11. The summed E-state index contributed by atoms with van der Waals surface area (Å²) in [5.41, 5.74) is 1.74. The third-order valence-electron chi connectivity index (χ3n) is 5.81. The summed E-state index contributed by atoms with van der Waals surface area (Å²) in [6, 6.07) is 7.55. The predicted molar refractivity (Wildman–Crippen MR) is 112 cm³/mol. The van der Waals surface area contributed by atoms with Gasteiger partial charge < -0.3 is 4.90 Å². The van der Waals surface area contributed by atoms with E-state index in [4.69, 9.17) is 21.7 Å². The lowest BCUT2D eigenvalue weighted by atomic mass is 9.96. The number of hydrogen-bond acceptors (Lipinski definition) is 4. The molecule has 1 unspecified atom stereocenters. The third kappa shape index (κ3) is 4.38. The van der Waals surface area contributed by atoms with Gasteiger partial charge in [-0.05, 0) is 31.4 Å². The first-order valence-electron chi connectivity index (χ1n) is 10.3. The Bertz CT molecular complexity index is 853.